The lowest BCUT2D eigenvalue weighted by Crippen LogP contribution is -2.00. The molecule has 0 N–H and O–H groups in total. The smallest absolute Gasteiger partial charge is 0.337 e. The SMILES string of the molecule is COC(=O)c1ccc(-c2cccc(-c3c(-c4ccsc4C#N)c4cc(P)ccc4n3Sc3ccc(Cl)cc3)c2)c(Cl)c1. The monoisotopic (exact) mass is 642 g/mol. The van der Waals surface area contributed by atoms with Crippen molar-refractivity contribution in [2.45, 2.75) is 4.90 Å². The first kappa shape index (κ1) is 28.6. The molecule has 0 aliphatic heterocycles. The van der Waals surface area contributed by atoms with E-state index in [0.717, 1.165) is 54.6 Å². The molecular weight excluding hydrogens is 622 g/mol. The van der Waals surface area contributed by atoms with Crippen LogP contribution in [0.2, 0.25) is 10.0 Å². The van der Waals surface area contributed by atoms with Gasteiger partial charge in [0.2, 0.25) is 0 Å². The van der Waals surface area contributed by atoms with E-state index in [1.807, 2.05) is 53.9 Å². The Labute approximate surface area is 263 Å². The van der Waals surface area contributed by atoms with E-state index in [9.17, 15) is 10.1 Å². The standard InChI is InChI=1S/C33H21Cl2N2O2PS2/c1-39-33(38)21-5-11-25(28(35)16-21)19-3-2-4-20(15-19)32-31(26-13-14-41-30(26)18-36)27-17-23(40)8-12-29(27)37(32)42-24-9-6-22(34)7-10-24/h2-17H,40H2,1H3. The number of ether oxygens (including phenoxy) is 1. The summed E-state index contributed by atoms with van der Waals surface area (Å²) in [6.07, 6.45) is 0. The average molecular weight is 644 g/mol. The molecule has 0 saturated heterocycles. The van der Waals surface area contributed by atoms with Crippen LogP contribution in [0.15, 0.2) is 101 Å². The van der Waals surface area contributed by atoms with Gasteiger partial charge in [0.05, 0.1) is 23.9 Å². The molecule has 0 spiro atoms. The summed E-state index contributed by atoms with van der Waals surface area (Å²) in [5, 5.41) is 15.2. The van der Waals surface area contributed by atoms with Crippen molar-refractivity contribution < 1.29 is 9.53 Å². The Morgan fingerprint density at radius 1 is 0.952 bits per heavy atom. The number of hydrogen-bond acceptors (Lipinski definition) is 5. The predicted octanol–water partition coefficient (Wildman–Crippen LogP) is 9.72. The Kier molecular flexibility index (Phi) is 8.14. The fourth-order valence-corrected chi connectivity index (χ4v) is 7.31. The molecule has 0 saturated carbocycles. The van der Waals surface area contributed by atoms with Crippen molar-refractivity contribution >= 4 is 77.9 Å². The summed E-state index contributed by atoms with van der Waals surface area (Å²) in [7, 11) is 4.13. The maximum absolute atomic E-state index is 12.1. The van der Waals surface area contributed by atoms with Gasteiger partial charge >= 0.3 is 5.97 Å². The third kappa shape index (κ3) is 5.36. The molecule has 0 aliphatic rings. The zero-order chi connectivity index (χ0) is 29.4. The lowest BCUT2D eigenvalue weighted by molar-refractivity contribution is 0.0600. The van der Waals surface area contributed by atoms with E-state index < -0.39 is 5.97 Å². The number of thiophene rings is 1. The van der Waals surface area contributed by atoms with Gasteiger partial charge in [-0.05, 0) is 88.9 Å². The Morgan fingerprint density at radius 2 is 1.74 bits per heavy atom. The minimum absolute atomic E-state index is 0.388. The lowest BCUT2D eigenvalue weighted by atomic mass is 9.96. The van der Waals surface area contributed by atoms with Crippen molar-refractivity contribution in [1.82, 2.24) is 3.97 Å². The molecule has 42 heavy (non-hydrogen) atoms. The van der Waals surface area contributed by atoms with Crippen LogP contribution in [0.25, 0.3) is 44.4 Å². The largest absolute Gasteiger partial charge is 0.465 e. The summed E-state index contributed by atoms with van der Waals surface area (Å²) in [6.45, 7) is 0. The molecule has 0 fully saturated rings. The van der Waals surface area contributed by atoms with E-state index in [1.165, 1.54) is 18.4 Å². The number of carbonyl (C=O) groups is 1. The minimum Gasteiger partial charge on any atom is -0.465 e. The first-order chi connectivity index (χ1) is 20.4. The van der Waals surface area contributed by atoms with Crippen molar-refractivity contribution in [2.24, 2.45) is 0 Å². The number of benzene rings is 4. The fraction of sp³-hybridized carbons (Fsp3) is 0.0303. The lowest BCUT2D eigenvalue weighted by Gasteiger charge is -2.14. The van der Waals surface area contributed by atoms with Gasteiger partial charge in [-0.25, -0.2) is 4.79 Å². The van der Waals surface area contributed by atoms with Crippen LogP contribution in [-0.4, -0.2) is 17.1 Å². The second-order valence-corrected chi connectivity index (χ2v) is 12.8. The molecule has 1 atom stereocenters. The number of rotatable bonds is 6. The van der Waals surface area contributed by atoms with E-state index in [0.29, 0.717) is 20.5 Å². The fourth-order valence-electron chi connectivity index (χ4n) is 4.93. The van der Waals surface area contributed by atoms with Gasteiger partial charge in [0, 0.05) is 42.6 Å². The van der Waals surface area contributed by atoms with Gasteiger partial charge in [-0.15, -0.1) is 20.6 Å². The van der Waals surface area contributed by atoms with Crippen LogP contribution in [0.1, 0.15) is 15.2 Å². The summed E-state index contributed by atoms with van der Waals surface area (Å²) in [6, 6.07) is 31.8. The molecule has 0 bridgehead atoms. The second kappa shape index (κ2) is 12.0. The molecule has 2 heterocycles. The van der Waals surface area contributed by atoms with Crippen LogP contribution in [0.4, 0.5) is 0 Å². The van der Waals surface area contributed by atoms with E-state index in [-0.39, 0.29) is 0 Å². The molecular formula is C33H21Cl2N2O2PS2. The topological polar surface area (TPSA) is 55.0 Å². The average Bonchev–Trinajstić information content (AvgIpc) is 3.59. The van der Waals surface area contributed by atoms with Crippen molar-refractivity contribution in [1.29, 1.82) is 5.26 Å². The van der Waals surface area contributed by atoms with Gasteiger partial charge in [-0.1, -0.05) is 53.5 Å². The summed E-state index contributed by atoms with van der Waals surface area (Å²) in [5.74, 6) is -0.442. The van der Waals surface area contributed by atoms with Gasteiger partial charge in [-0.2, -0.15) is 5.26 Å². The zero-order valence-corrected chi connectivity index (χ0v) is 26.4. The molecule has 6 rings (SSSR count). The molecule has 6 aromatic rings. The van der Waals surface area contributed by atoms with Crippen molar-refractivity contribution in [3.05, 3.63) is 117 Å². The molecule has 0 aliphatic carbocycles. The van der Waals surface area contributed by atoms with E-state index in [4.69, 9.17) is 27.9 Å². The van der Waals surface area contributed by atoms with Crippen LogP contribution < -0.4 is 5.30 Å². The van der Waals surface area contributed by atoms with Crippen molar-refractivity contribution in [3.63, 3.8) is 0 Å². The highest BCUT2D eigenvalue weighted by Crippen LogP contribution is 2.47. The molecule has 2 aromatic heterocycles. The number of carbonyl (C=O) groups excluding carboxylic acids is 1. The molecule has 4 nitrogen and oxygen atoms in total. The number of fused-ring (bicyclic) bond motifs is 1. The first-order valence-electron chi connectivity index (χ1n) is 12.7. The third-order valence-corrected chi connectivity index (χ3v) is 9.62. The Hall–Kier alpha value is -3.56. The predicted molar refractivity (Wildman–Crippen MR) is 179 cm³/mol. The number of hydrogen-bond donors (Lipinski definition) is 0. The number of esters is 1. The zero-order valence-electron chi connectivity index (χ0n) is 22.1. The number of halogens is 2. The van der Waals surface area contributed by atoms with E-state index >= 15 is 0 Å². The Bertz CT molecular complexity index is 2030. The van der Waals surface area contributed by atoms with Crippen LogP contribution in [0.3, 0.4) is 0 Å². The van der Waals surface area contributed by atoms with Gasteiger partial charge in [0.15, 0.2) is 0 Å². The van der Waals surface area contributed by atoms with Crippen LogP contribution in [-0.2, 0) is 4.74 Å². The van der Waals surface area contributed by atoms with Crippen LogP contribution in [0.5, 0.6) is 0 Å². The number of methoxy groups -OCH3 is 1. The Balaban J connectivity index is 1.62. The highest BCUT2D eigenvalue weighted by molar-refractivity contribution is 7.98. The summed E-state index contributed by atoms with van der Waals surface area (Å²) in [5.41, 5.74) is 6.88. The highest BCUT2D eigenvalue weighted by Gasteiger charge is 2.24. The number of nitriles is 1. The van der Waals surface area contributed by atoms with Crippen LogP contribution >= 0.6 is 55.7 Å². The van der Waals surface area contributed by atoms with Gasteiger partial charge in [0.25, 0.3) is 0 Å². The maximum atomic E-state index is 12.1. The molecule has 206 valence electrons. The van der Waals surface area contributed by atoms with E-state index in [2.05, 4.69) is 49.6 Å². The van der Waals surface area contributed by atoms with Crippen molar-refractivity contribution in [2.75, 3.05) is 7.11 Å². The quantitative estimate of drug-likeness (QED) is 0.134. The molecule has 1 unspecified atom stereocenters. The number of aromatic nitrogens is 1. The first-order valence-corrected chi connectivity index (χ1v) is 15.7. The Morgan fingerprint density at radius 3 is 2.48 bits per heavy atom. The van der Waals surface area contributed by atoms with Gasteiger partial charge in [0.1, 0.15) is 10.9 Å². The number of nitrogens with zero attached hydrogens (tertiary/aromatic N) is 2. The summed E-state index contributed by atoms with van der Waals surface area (Å²) in [4.78, 5) is 13.7. The van der Waals surface area contributed by atoms with Crippen molar-refractivity contribution in [3.8, 4) is 39.6 Å². The normalized spacial score (nSPS) is 11.0. The van der Waals surface area contributed by atoms with Crippen LogP contribution in [0, 0.1) is 11.3 Å². The molecule has 0 radical (unpaired) electrons. The summed E-state index contributed by atoms with van der Waals surface area (Å²) >= 11 is 15.9. The highest BCUT2D eigenvalue weighted by atomic mass is 35.5. The van der Waals surface area contributed by atoms with E-state index in [1.54, 1.807) is 24.1 Å². The second-order valence-electron chi connectivity index (χ2n) is 9.38. The maximum Gasteiger partial charge on any atom is 0.337 e. The van der Waals surface area contributed by atoms with Gasteiger partial charge in [-0.3, -0.25) is 3.97 Å². The molecule has 4 aromatic carbocycles. The minimum atomic E-state index is -0.442. The third-order valence-electron chi connectivity index (χ3n) is 6.83. The molecule has 9 heteroatoms. The summed E-state index contributed by atoms with van der Waals surface area (Å²) < 4.78 is 7.07. The molecule has 0 amide bonds. The van der Waals surface area contributed by atoms with Gasteiger partial charge < -0.3 is 4.74 Å².